The van der Waals surface area contributed by atoms with Gasteiger partial charge in [-0.05, 0) is 12.1 Å². The van der Waals surface area contributed by atoms with Crippen LogP contribution in [0.2, 0.25) is 5.02 Å². The van der Waals surface area contributed by atoms with Gasteiger partial charge in [0.2, 0.25) is 15.9 Å². The molecule has 0 atom stereocenters. The number of rotatable bonds is 5. The van der Waals surface area contributed by atoms with Gasteiger partial charge in [0.05, 0.1) is 5.69 Å². The number of nitrogen functional groups attached to an aromatic ring is 1. The lowest BCUT2D eigenvalue weighted by Gasteiger charge is -2.09. The number of amides is 1. The molecule has 0 spiro atoms. The lowest BCUT2D eigenvalue weighted by Crippen LogP contribution is -2.30. The third-order valence-corrected chi connectivity index (χ3v) is 3.92. The van der Waals surface area contributed by atoms with E-state index in [1.165, 1.54) is 7.05 Å². The Bertz CT molecular complexity index is 592. The monoisotopic (exact) mass is 309 g/mol. The fraction of sp³-hybridized carbons (Fsp3) is 0.300. The molecule has 1 amide bonds. The van der Waals surface area contributed by atoms with Crippen LogP contribution >= 0.6 is 11.6 Å². The van der Waals surface area contributed by atoms with E-state index in [2.05, 4.69) is 10.0 Å². The SMILES string of the molecule is CNC(=O)CCNS(=O)(=O)c1cc(Cl)cc(N)c1F. The molecule has 6 nitrogen and oxygen atoms in total. The van der Waals surface area contributed by atoms with Crippen molar-refractivity contribution in [2.24, 2.45) is 0 Å². The number of benzene rings is 1. The molecule has 1 rings (SSSR count). The molecule has 0 radical (unpaired) electrons. The van der Waals surface area contributed by atoms with Gasteiger partial charge >= 0.3 is 0 Å². The highest BCUT2D eigenvalue weighted by atomic mass is 35.5. The van der Waals surface area contributed by atoms with Crippen LogP contribution in [0.1, 0.15) is 6.42 Å². The topological polar surface area (TPSA) is 101 Å². The molecule has 9 heteroatoms. The van der Waals surface area contributed by atoms with Gasteiger partial charge in [-0.25, -0.2) is 17.5 Å². The van der Waals surface area contributed by atoms with Crippen molar-refractivity contribution in [3.8, 4) is 0 Å². The van der Waals surface area contributed by atoms with Gasteiger partial charge in [-0.15, -0.1) is 0 Å². The van der Waals surface area contributed by atoms with E-state index in [1.54, 1.807) is 0 Å². The van der Waals surface area contributed by atoms with Gasteiger partial charge in [-0.2, -0.15) is 0 Å². The summed E-state index contributed by atoms with van der Waals surface area (Å²) in [7, 11) is -2.68. The first-order chi connectivity index (χ1) is 8.77. The van der Waals surface area contributed by atoms with E-state index in [-0.39, 0.29) is 29.6 Å². The maximum Gasteiger partial charge on any atom is 0.243 e. The highest BCUT2D eigenvalue weighted by Gasteiger charge is 2.21. The number of carbonyl (C=O) groups excluding carboxylic acids is 1. The maximum atomic E-state index is 13.6. The smallest absolute Gasteiger partial charge is 0.243 e. The molecule has 0 saturated heterocycles. The van der Waals surface area contributed by atoms with Gasteiger partial charge in [0.1, 0.15) is 4.90 Å². The van der Waals surface area contributed by atoms with Gasteiger partial charge in [0, 0.05) is 25.0 Å². The first-order valence-electron chi connectivity index (χ1n) is 5.22. The molecule has 0 saturated carbocycles. The third kappa shape index (κ3) is 4.05. The summed E-state index contributed by atoms with van der Waals surface area (Å²) in [5.41, 5.74) is 4.94. The van der Waals surface area contributed by atoms with Crippen molar-refractivity contribution in [3.05, 3.63) is 23.0 Å². The van der Waals surface area contributed by atoms with Crippen LogP contribution in [0.15, 0.2) is 17.0 Å². The van der Waals surface area contributed by atoms with Crippen LogP contribution in [0.4, 0.5) is 10.1 Å². The molecule has 19 heavy (non-hydrogen) atoms. The summed E-state index contributed by atoms with van der Waals surface area (Å²) in [6, 6.07) is 2.07. The zero-order valence-electron chi connectivity index (χ0n) is 10.0. The number of nitrogens with two attached hydrogens (primary N) is 1. The summed E-state index contributed by atoms with van der Waals surface area (Å²) in [6.45, 7) is -0.159. The number of carbonyl (C=O) groups is 1. The van der Waals surface area contributed by atoms with Crippen molar-refractivity contribution in [2.45, 2.75) is 11.3 Å². The molecular formula is C10H13ClFN3O3S. The Morgan fingerprint density at radius 3 is 2.68 bits per heavy atom. The predicted octanol–water partition coefficient (Wildman–Crippen LogP) is 0.476. The quantitative estimate of drug-likeness (QED) is 0.688. The van der Waals surface area contributed by atoms with Crippen molar-refractivity contribution in [1.82, 2.24) is 10.0 Å². The van der Waals surface area contributed by atoms with Gasteiger partial charge in [0.15, 0.2) is 5.82 Å². The lowest BCUT2D eigenvalue weighted by molar-refractivity contribution is -0.120. The number of anilines is 1. The molecule has 0 fully saturated rings. The van der Waals surface area contributed by atoms with E-state index < -0.39 is 20.7 Å². The van der Waals surface area contributed by atoms with Gasteiger partial charge in [-0.3, -0.25) is 4.79 Å². The summed E-state index contributed by atoms with van der Waals surface area (Å²) >= 11 is 5.63. The van der Waals surface area contributed by atoms with E-state index in [0.29, 0.717) is 0 Å². The van der Waals surface area contributed by atoms with Crippen molar-refractivity contribution in [2.75, 3.05) is 19.3 Å². The minimum Gasteiger partial charge on any atom is -0.396 e. The number of nitrogens with one attached hydrogen (secondary N) is 2. The summed E-state index contributed by atoms with van der Waals surface area (Å²) in [5.74, 6) is -1.41. The van der Waals surface area contributed by atoms with Gasteiger partial charge in [0.25, 0.3) is 0 Å². The highest BCUT2D eigenvalue weighted by Crippen LogP contribution is 2.24. The molecule has 0 aliphatic heterocycles. The van der Waals surface area contributed by atoms with E-state index in [1.807, 2.05) is 0 Å². The Morgan fingerprint density at radius 2 is 2.11 bits per heavy atom. The summed E-state index contributed by atoms with van der Waals surface area (Å²) in [4.78, 5) is 10.3. The molecule has 1 aromatic carbocycles. The molecule has 0 aliphatic rings. The van der Waals surface area contributed by atoms with Crippen molar-refractivity contribution < 1.29 is 17.6 Å². The number of halogens is 2. The lowest BCUT2D eigenvalue weighted by atomic mass is 10.3. The number of hydrogen-bond donors (Lipinski definition) is 3. The second-order valence-corrected chi connectivity index (χ2v) is 5.80. The summed E-state index contributed by atoms with van der Waals surface area (Å²) in [6.07, 6.45) is -0.0621. The average molecular weight is 310 g/mol. The molecule has 0 bridgehead atoms. The fourth-order valence-corrected chi connectivity index (χ4v) is 2.74. The Labute approximate surface area is 115 Å². The largest absolute Gasteiger partial charge is 0.396 e. The highest BCUT2D eigenvalue weighted by molar-refractivity contribution is 7.89. The predicted molar refractivity (Wildman–Crippen MR) is 69.7 cm³/mol. The van der Waals surface area contributed by atoms with Crippen LogP contribution in [-0.2, 0) is 14.8 Å². The second-order valence-electron chi connectivity index (χ2n) is 3.63. The second kappa shape index (κ2) is 6.18. The Morgan fingerprint density at radius 1 is 1.47 bits per heavy atom. The fourth-order valence-electron chi connectivity index (χ4n) is 1.28. The van der Waals surface area contributed by atoms with Crippen LogP contribution in [-0.4, -0.2) is 27.9 Å². The van der Waals surface area contributed by atoms with Gasteiger partial charge < -0.3 is 11.1 Å². The van der Waals surface area contributed by atoms with Crippen LogP contribution in [0.5, 0.6) is 0 Å². The van der Waals surface area contributed by atoms with Crippen molar-refractivity contribution >= 4 is 33.2 Å². The third-order valence-electron chi connectivity index (χ3n) is 2.24. The minimum atomic E-state index is -4.11. The molecule has 0 aromatic heterocycles. The van der Waals surface area contributed by atoms with Crippen LogP contribution in [0.3, 0.4) is 0 Å². The van der Waals surface area contributed by atoms with Gasteiger partial charge in [-0.1, -0.05) is 11.6 Å². The summed E-state index contributed by atoms with van der Waals surface area (Å²) < 4.78 is 39.4. The molecule has 1 aromatic rings. The van der Waals surface area contributed by atoms with Crippen LogP contribution in [0.25, 0.3) is 0 Å². The van der Waals surface area contributed by atoms with E-state index in [4.69, 9.17) is 17.3 Å². The van der Waals surface area contributed by atoms with Crippen LogP contribution < -0.4 is 15.8 Å². The molecule has 0 heterocycles. The van der Waals surface area contributed by atoms with Crippen molar-refractivity contribution in [3.63, 3.8) is 0 Å². The van der Waals surface area contributed by atoms with Crippen LogP contribution in [0, 0.1) is 5.82 Å². The standard InChI is InChI=1S/C10H13ClFN3O3S/c1-14-9(16)2-3-15-19(17,18)8-5-6(11)4-7(13)10(8)12/h4-5,15H,2-3,13H2,1H3,(H,14,16). The molecular weight excluding hydrogens is 297 g/mol. The molecule has 4 N–H and O–H groups in total. The molecule has 0 unspecified atom stereocenters. The Kier molecular flexibility index (Phi) is 5.10. The summed E-state index contributed by atoms with van der Waals surface area (Å²) in [5, 5.41) is 2.34. The zero-order valence-corrected chi connectivity index (χ0v) is 11.6. The molecule has 106 valence electrons. The Balaban J connectivity index is 2.92. The van der Waals surface area contributed by atoms with Crippen molar-refractivity contribution in [1.29, 1.82) is 0 Å². The van der Waals surface area contributed by atoms with E-state index >= 15 is 0 Å². The zero-order chi connectivity index (χ0) is 14.6. The van der Waals surface area contributed by atoms with E-state index in [9.17, 15) is 17.6 Å². The first-order valence-corrected chi connectivity index (χ1v) is 7.09. The maximum absolute atomic E-state index is 13.6. The normalized spacial score (nSPS) is 11.3. The number of hydrogen-bond acceptors (Lipinski definition) is 4. The Hall–Kier alpha value is -1.38. The number of sulfonamides is 1. The molecule has 0 aliphatic carbocycles. The minimum absolute atomic E-state index is 0.00516. The first kappa shape index (κ1) is 15.7. The van der Waals surface area contributed by atoms with E-state index in [0.717, 1.165) is 12.1 Å². The average Bonchev–Trinajstić information content (AvgIpc) is 2.33.